The Morgan fingerprint density at radius 1 is 1.25 bits per heavy atom. The lowest BCUT2D eigenvalue weighted by Gasteiger charge is -2.15. The third-order valence-corrected chi connectivity index (χ3v) is 4.87. The second-order valence-electron chi connectivity index (χ2n) is 6.10. The normalized spacial score (nSPS) is 11.6. The van der Waals surface area contributed by atoms with Gasteiger partial charge in [-0.3, -0.25) is 10.1 Å². The zero-order valence-electron chi connectivity index (χ0n) is 15.9. The SMILES string of the molecule is COc1cccc(/C=N\NS(=O)(=O)c2ccc(C)c([N+](=O)[O-])c2)c1OC(C)C. The molecule has 0 aliphatic rings. The fraction of sp³-hybridized carbons (Fsp3) is 0.278. The van der Waals surface area contributed by atoms with Gasteiger partial charge in [-0.2, -0.15) is 13.5 Å². The van der Waals surface area contributed by atoms with Gasteiger partial charge in [0.1, 0.15) is 0 Å². The summed E-state index contributed by atoms with van der Waals surface area (Å²) < 4.78 is 35.8. The highest BCUT2D eigenvalue weighted by Crippen LogP contribution is 2.31. The monoisotopic (exact) mass is 407 g/mol. The van der Waals surface area contributed by atoms with E-state index in [4.69, 9.17) is 9.47 Å². The van der Waals surface area contributed by atoms with Crippen molar-refractivity contribution >= 4 is 21.9 Å². The molecule has 2 aromatic carbocycles. The predicted octanol–water partition coefficient (Wildman–Crippen LogP) is 3.01. The van der Waals surface area contributed by atoms with Gasteiger partial charge in [-0.25, -0.2) is 4.83 Å². The Bertz CT molecular complexity index is 1000. The largest absolute Gasteiger partial charge is 0.493 e. The minimum atomic E-state index is -4.08. The van der Waals surface area contributed by atoms with Crippen molar-refractivity contribution in [1.82, 2.24) is 4.83 Å². The third kappa shape index (κ3) is 4.97. The molecule has 0 atom stereocenters. The van der Waals surface area contributed by atoms with Crippen LogP contribution in [0.25, 0.3) is 0 Å². The third-order valence-electron chi connectivity index (χ3n) is 3.65. The quantitative estimate of drug-likeness (QED) is 0.408. The molecule has 0 saturated heterocycles. The Hall–Kier alpha value is -3.14. The number of nitrogens with zero attached hydrogens (tertiary/aromatic N) is 2. The van der Waals surface area contributed by atoms with E-state index in [2.05, 4.69) is 9.93 Å². The number of rotatable bonds is 8. The molecule has 150 valence electrons. The number of methoxy groups -OCH3 is 1. The summed E-state index contributed by atoms with van der Waals surface area (Å²) in [7, 11) is -2.58. The summed E-state index contributed by atoms with van der Waals surface area (Å²) in [5, 5.41) is 14.8. The first-order valence-electron chi connectivity index (χ1n) is 8.29. The van der Waals surface area contributed by atoms with E-state index in [0.29, 0.717) is 22.6 Å². The van der Waals surface area contributed by atoms with Crippen molar-refractivity contribution in [3.8, 4) is 11.5 Å². The van der Waals surface area contributed by atoms with Crippen molar-refractivity contribution in [3.05, 3.63) is 57.6 Å². The van der Waals surface area contributed by atoms with Gasteiger partial charge in [0, 0.05) is 17.2 Å². The van der Waals surface area contributed by atoms with Gasteiger partial charge >= 0.3 is 0 Å². The van der Waals surface area contributed by atoms with Gasteiger partial charge in [0.05, 0.1) is 29.2 Å². The number of hydrogen-bond acceptors (Lipinski definition) is 7. The molecule has 0 saturated carbocycles. The number of ether oxygens (including phenoxy) is 2. The molecule has 0 amide bonds. The topological polar surface area (TPSA) is 120 Å². The Kier molecular flexibility index (Phi) is 6.57. The van der Waals surface area contributed by atoms with E-state index in [1.807, 2.05) is 13.8 Å². The molecular weight excluding hydrogens is 386 g/mol. The van der Waals surface area contributed by atoms with Crippen molar-refractivity contribution in [2.24, 2.45) is 5.10 Å². The summed E-state index contributed by atoms with van der Waals surface area (Å²) in [4.78, 5) is 12.2. The van der Waals surface area contributed by atoms with Gasteiger partial charge in [0.2, 0.25) is 0 Å². The summed E-state index contributed by atoms with van der Waals surface area (Å²) in [5.74, 6) is 0.906. The van der Waals surface area contributed by atoms with Crippen LogP contribution < -0.4 is 14.3 Å². The standard InChI is InChI=1S/C18H21N3O6S/c1-12(2)27-18-14(6-5-7-17(18)26-4)11-19-20-28(24,25)15-9-8-13(3)16(10-15)21(22)23/h5-12,20H,1-4H3/b19-11-. The number of nitro benzene ring substituents is 1. The highest BCUT2D eigenvalue weighted by molar-refractivity contribution is 7.89. The lowest BCUT2D eigenvalue weighted by atomic mass is 10.2. The van der Waals surface area contributed by atoms with Crippen LogP contribution in [0.3, 0.4) is 0 Å². The maximum absolute atomic E-state index is 12.4. The first kappa shape index (κ1) is 21.2. The Morgan fingerprint density at radius 2 is 1.96 bits per heavy atom. The number of hydrogen-bond donors (Lipinski definition) is 1. The first-order chi connectivity index (χ1) is 13.2. The summed E-state index contributed by atoms with van der Waals surface area (Å²) >= 11 is 0. The van der Waals surface area contributed by atoms with Crippen LogP contribution in [0.2, 0.25) is 0 Å². The Labute approximate surface area is 163 Å². The lowest BCUT2D eigenvalue weighted by Crippen LogP contribution is -2.18. The van der Waals surface area contributed by atoms with Crippen molar-refractivity contribution in [2.75, 3.05) is 7.11 Å². The number of sulfonamides is 1. The van der Waals surface area contributed by atoms with Crippen LogP contribution in [-0.4, -0.2) is 32.8 Å². The zero-order chi connectivity index (χ0) is 20.9. The van der Waals surface area contributed by atoms with Crippen LogP contribution in [0.4, 0.5) is 5.69 Å². The van der Waals surface area contributed by atoms with E-state index in [9.17, 15) is 18.5 Å². The van der Waals surface area contributed by atoms with E-state index in [0.717, 1.165) is 6.07 Å². The van der Waals surface area contributed by atoms with Crippen LogP contribution in [0.15, 0.2) is 46.4 Å². The Balaban J connectivity index is 2.29. The molecule has 0 heterocycles. The molecule has 0 aromatic heterocycles. The number of nitro groups is 1. The van der Waals surface area contributed by atoms with Crippen molar-refractivity contribution in [3.63, 3.8) is 0 Å². The minimum absolute atomic E-state index is 0.131. The van der Waals surface area contributed by atoms with Crippen LogP contribution in [0.1, 0.15) is 25.0 Å². The van der Waals surface area contributed by atoms with Gasteiger partial charge in [-0.05, 0) is 39.0 Å². The van der Waals surface area contributed by atoms with Crippen LogP contribution in [-0.2, 0) is 10.0 Å². The first-order valence-corrected chi connectivity index (χ1v) is 9.77. The highest BCUT2D eigenvalue weighted by Gasteiger charge is 2.19. The molecule has 0 aliphatic heterocycles. The molecule has 28 heavy (non-hydrogen) atoms. The summed E-state index contributed by atoms with van der Waals surface area (Å²) in [6.45, 7) is 5.22. The maximum atomic E-state index is 12.4. The van der Waals surface area contributed by atoms with E-state index in [1.165, 1.54) is 32.4 Å². The fourth-order valence-electron chi connectivity index (χ4n) is 2.33. The minimum Gasteiger partial charge on any atom is -0.493 e. The van der Waals surface area contributed by atoms with Gasteiger partial charge in [-0.1, -0.05) is 12.1 Å². The predicted molar refractivity (Wildman–Crippen MR) is 105 cm³/mol. The zero-order valence-corrected chi connectivity index (χ0v) is 16.7. The number of nitrogens with one attached hydrogen (secondary N) is 1. The van der Waals surface area contributed by atoms with E-state index < -0.39 is 14.9 Å². The summed E-state index contributed by atoms with van der Waals surface area (Å²) in [6, 6.07) is 8.75. The molecule has 0 radical (unpaired) electrons. The van der Waals surface area contributed by atoms with Gasteiger partial charge in [0.25, 0.3) is 15.7 Å². The average Bonchev–Trinajstić information content (AvgIpc) is 2.62. The molecule has 2 rings (SSSR count). The second kappa shape index (κ2) is 8.70. The highest BCUT2D eigenvalue weighted by atomic mass is 32.2. The summed E-state index contributed by atoms with van der Waals surface area (Å²) in [6.07, 6.45) is 1.15. The van der Waals surface area contributed by atoms with Gasteiger partial charge < -0.3 is 9.47 Å². The molecule has 1 N–H and O–H groups in total. The molecule has 9 nitrogen and oxygen atoms in total. The second-order valence-corrected chi connectivity index (χ2v) is 7.76. The molecule has 2 aromatic rings. The van der Waals surface area contributed by atoms with Crippen molar-refractivity contribution in [1.29, 1.82) is 0 Å². The maximum Gasteiger partial charge on any atom is 0.276 e. The van der Waals surface area contributed by atoms with Crippen LogP contribution in [0.5, 0.6) is 11.5 Å². The summed E-state index contributed by atoms with van der Waals surface area (Å²) in [5.41, 5.74) is 0.581. The smallest absolute Gasteiger partial charge is 0.276 e. The molecule has 0 unspecified atom stereocenters. The molecular formula is C18H21N3O6S. The van der Waals surface area contributed by atoms with Crippen molar-refractivity contribution < 1.29 is 22.8 Å². The van der Waals surface area contributed by atoms with Crippen LogP contribution >= 0.6 is 0 Å². The van der Waals surface area contributed by atoms with Gasteiger partial charge in [-0.15, -0.1) is 0 Å². The number of benzene rings is 2. The fourth-order valence-corrected chi connectivity index (χ4v) is 3.14. The molecule has 0 bridgehead atoms. The molecule has 0 fully saturated rings. The number of para-hydroxylation sites is 1. The molecule has 10 heteroatoms. The Morgan fingerprint density at radius 3 is 2.57 bits per heavy atom. The van der Waals surface area contributed by atoms with Crippen molar-refractivity contribution in [2.45, 2.75) is 31.8 Å². The lowest BCUT2D eigenvalue weighted by molar-refractivity contribution is -0.385. The molecule has 0 aliphatic carbocycles. The van der Waals surface area contributed by atoms with Crippen LogP contribution in [0, 0.1) is 17.0 Å². The van der Waals surface area contributed by atoms with E-state index >= 15 is 0 Å². The number of aryl methyl sites for hydroxylation is 1. The van der Waals surface area contributed by atoms with Gasteiger partial charge in [0.15, 0.2) is 11.5 Å². The van der Waals surface area contributed by atoms with E-state index in [1.54, 1.807) is 18.2 Å². The van der Waals surface area contributed by atoms with E-state index in [-0.39, 0.29) is 16.7 Å². The average molecular weight is 407 g/mol. The number of hydrazone groups is 1. The molecule has 0 spiro atoms.